The summed E-state index contributed by atoms with van der Waals surface area (Å²) in [4.78, 5) is 33.3. The van der Waals surface area contributed by atoms with Crippen LogP contribution in [-0.4, -0.2) is 36.5 Å². The van der Waals surface area contributed by atoms with Crippen LogP contribution in [0.2, 0.25) is 0 Å². The lowest BCUT2D eigenvalue weighted by atomic mass is 10.3. The van der Waals surface area contributed by atoms with E-state index in [1.807, 2.05) is 5.32 Å². The van der Waals surface area contributed by atoms with Gasteiger partial charge in [-0.25, -0.2) is 22.7 Å². The van der Waals surface area contributed by atoms with E-state index in [0.717, 1.165) is 17.4 Å². The molecule has 0 saturated carbocycles. The number of carbonyl (C=O) groups is 3. The summed E-state index contributed by atoms with van der Waals surface area (Å²) in [6, 6.07) is 7.06. The molecule has 12 heteroatoms. The number of carboxylic acids is 2. The van der Waals surface area contributed by atoms with Gasteiger partial charge in [0.25, 0.3) is 0 Å². The second kappa shape index (κ2) is 7.95. The first-order valence-electron chi connectivity index (χ1n) is 6.75. The number of thiophene rings is 1. The topological polar surface area (TPSA) is 150 Å². The predicted octanol–water partition coefficient (Wildman–Crippen LogP) is 1.71. The summed E-state index contributed by atoms with van der Waals surface area (Å²) < 4.78 is 27.5. The maximum atomic E-state index is 12.2. The molecule has 2 rings (SSSR count). The molecule has 0 unspecified atom stereocenters. The van der Waals surface area contributed by atoms with E-state index in [-0.39, 0.29) is 26.9 Å². The standard InChI is InChI=1S/C14H11BrN2O7S2/c15-7-1-3-9(4-2-7)26(23,24)16-6-8-5-10(13(19)20)12(25-8)17-11(18)14(21)22/h1-5,16H,6H2,(H,17,18)(H,19,20)(H,21,22). The number of benzene rings is 1. The maximum Gasteiger partial charge on any atom is 0.394 e. The van der Waals surface area contributed by atoms with Crippen LogP contribution < -0.4 is 10.0 Å². The van der Waals surface area contributed by atoms with Gasteiger partial charge in [-0.15, -0.1) is 11.3 Å². The van der Waals surface area contributed by atoms with Crippen LogP contribution in [0.3, 0.4) is 0 Å². The first kappa shape index (κ1) is 20.0. The highest BCUT2D eigenvalue weighted by atomic mass is 79.9. The smallest absolute Gasteiger partial charge is 0.394 e. The summed E-state index contributed by atoms with van der Waals surface area (Å²) in [5, 5.41) is 19.5. The van der Waals surface area contributed by atoms with E-state index in [1.54, 1.807) is 12.1 Å². The van der Waals surface area contributed by atoms with Gasteiger partial charge in [0.05, 0.1) is 10.5 Å². The Morgan fingerprint density at radius 3 is 2.27 bits per heavy atom. The Hall–Kier alpha value is -2.28. The van der Waals surface area contributed by atoms with Crippen molar-refractivity contribution in [3.05, 3.63) is 45.2 Å². The zero-order valence-corrected chi connectivity index (χ0v) is 15.9. The van der Waals surface area contributed by atoms with Gasteiger partial charge in [-0.3, -0.25) is 4.79 Å². The molecule has 26 heavy (non-hydrogen) atoms. The Balaban J connectivity index is 2.19. The Bertz CT molecular complexity index is 968. The third kappa shape index (κ3) is 4.88. The summed E-state index contributed by atoms with van der Waals surface area (Å²) in [7, 11) is -3.83. The van der Waals surface area contributed by atoms with Gasteiger partial charge in [-0.1, -0.05) is 15.9 Å². The average molecular weight is 463 g/mol. The summed E-state index contributed by atoms with van der Waals surface area (Å²) in [6.45, 7) is -0.230. The molecule has 0 aliphatic rings. The lowest BCUT2D eigenvalue weighted by molar-refractivity contribution is -0.147. The molecule has 9 nitrogen and oxygen atoms in total. The Kier molecular flexibility index (Phi) is 6.13. The average Bonchev–Trinajstić information content (AvgIpc) is 2.96. The highest BCUT2D eigenvalue weighted by Crippen LogP contribution is 2.28. The highest BCUT2D eigenvalue weighted by Gasteiger charge is 2.21. The molecule has 0 aliphatic heterocycles. The summed E-state index contributed by atoms with van der Waals surface area (Å²) in [6.07, 6.45) is 0. The molecule has 4 N–H and O–H groups in total. The van der Waals surface area contributed by atoms with Crippen LogP contribution in [0, 0.1) is 0 Å². The first-order valence-corrected chi connectivity index (χ1v) is 9.85. The van der Waals surface area contributed by atoms with E-state index >= 15 is 0 Å². The minimum absolute atomic E-state index is 0.0233. The molecular formula is C14H11BrN2O7S2. The largest absolute Gasteiger partial charge is 0.478 e. The summed E-state index contributed by atoms with van der Waals surface area (Å²) >= 11 is 3.96. The Morgan fingerprint density at radius 1 is 1.12 bits per heavy atom. The van der Waals surface area contributed by atoms with Gasteiger partial charge in [0.15, 0.2) is 0 Å². The molecule has 0 saturated heterocycles. The number of carbonyl (C=O) groups excluding carboxylic acids is 1. The first-order chi connectivity index (χ1) is 12.1. The molecule has 0 bridgehead atoms. The molecule has 0 fully saturated rings. The SMILES string of the molecule is O=C(O)C(=O)Nc1sc(CNS(=O)(=O)c2ccc(Br)cc2)cc1C(=O)O. The van der Waals surface area contributed by atoms with Crippen molar-refractivity contribution in [2.45, 2.75) is 11.4 Å². The Labute approximate surface area is 159 Å². The normalized spacial score (nSPS) is 11.1. The van der Waals surface area contributed by atoms with Crippen molar-refractivity contribution in [3.8, 4) is 0 Å². The highest BCUT2D eigenvalue weighted by molar-refractivity contribution is 9.10. The van der Waals surface area contributed by atoms with Crippen LogP contribution >= 0.6 is 27.3 Å². The van der Waals surface area contributed by atoms with Crippen molar-refractivity contribution in [1.82, 2.24) is 4.72 Å². The minimum atomic E-state index is -3.83. The third-order valence-electron chi connectivity index (χ3n) is 3.00. The van der Waals surface area contributed by atoms with Crippen LogP contribution in [0.25, 0.3) is 0 Å². The number of aromatic carboxylic acids is 1. The zero-order valence-electron chi connectivity index (χ0n) is 12.7. The van der Waals surface area contributed by atoms with E-state index in [2.05, 4.69) is 20.7 Å². The van der Waals surface area contributed by atoms with E-state index in [4.69, 9.17) is 10.2 Å². The molecule has 2 aromatic rings. The van der Waals surface area contributed by atoms with Crippen molar-refractivity contribution < 1.29 is 33.0 Å². The lowest BCUT2D eigenvalue weighted by Gasteiger charge is -2.05. The van der Waals surface area contributed by atoms with Crippen molar-refractivity contribution in [2.24, 2.45) is 0 Å². The van der Waals surface area contributed by atoms with Crippen LogP contribution in [0.15, 0.2) is 39.7 Å². The molecule has 1 heterocycles. The summed E-state index contributed by atoms with van der Waals surface area (Å²) in [5.41, 5.74) is -0.331. The fraction of sp³-hybridized carbons (Fsp3) is 0.0714. The lowest BCUT2D eigenvalue weighted by Crippen LogP contribution is -2.22. The Morgan fingerprint density at radius 2 is 1.73 bits per heavy atom. The molecule has 138 valence electrons. The predicted molar refractivity (Wildman–Crippen MR) is 95.7 cm³/mol. The zero-order chi connectivity index (χ0) is 19.5. The van der Waals surface area contributed by atoms with Gasteiger partial charge in [0, 0.05) is 15.9 Å². The van der Waals surface area contributed by atoms with Crippen molar-refractivity contribution in [3.63, 3.8) is 0 Å². The van der Waals surface area contributed by atoms with Gasteiger partial charge in [0.1, 0.15) is 5.00 Å². The second-order valence-electron chi connectivity index (χ2n) is 4.80. The second-order valence-corrected chi connectivity index (χ2v) is 8.62. The number of anilines is 1. The molecule has 0 aliphatic carbocycles. The number of amides is 1. The maximum absolute atomic E-state index is 12.2. The number of hydrogen-bond donors (Lipinski definition) is 4. The van der Waals surface area contributed by atoms with Crippen molar-refractivity contribution >= 4 is 60.1 Å². The van der Waals surface area contributed by atoms with Gasteiger partial charge >= 0.3 is 17.8 Å². The molecule has 0 atom stereocenters. The van der Waals surface area contributed by atoms with Gasteiger partial charge in [-0.05, 0) is 30.3 Å². The molecule has 1 amide bonds. The number of sulfonamides is 1. The van der Waals surface area contributed by atoms with Crippen LogP contribution in [0.1, 0.15) is 15.2 Å². The number of carboxylic acid groups (broad SMARTS) is 2. The number of rotatable bonds is 6. The minimum Gasteiger partial charge on any atom is -0.478 e. The quantitative estimate of drug-likeness (QED) is 0.477. The van der Waals surface area contributed by atoms with Crippen molar-refractivity contribution in [1.29, 1.82) is 0 Å². The molecule has 1 aromatic carbocycles. The van der Waals surface area contributed by atoms with Crippen LogP contribution in [-0.2, 0) is 26.2 Å². The van der Waals surface area contributed by atoms with Crippen LogP contribution in [0.4, 0.5) is 5.00 Å². The fourth-order valence-electron chi connectivity index (χ4n) is 1.80. The van der Waals surface area contributed by atoms with Gasteiger partial charge in [0.2, 0.25) is 10.0 Å². The number of aliphatic carboxylic acids is 1. The van der Waals surface area contributed by atoms with Crippen LogP contribution in [0.5, 0.6) is 0 Å². The molecular weight excluding hydrogens is 452 g/mol. The van der Waals surface area contributed by atoms with Crippen molar-refractivity contribution in [2.75, 3.05) is 5.32 Å². The molecule has 0 spiro atoms. The summed E-state index contributed by atoms with van der Waals surface area (Å²) in [5.74, 6) is -4.55. The third-order valence-corrected chi connectivity index (χ3v) is 5.99. The van der Waals surface area contributed by atoms with E-state index in [9.17, 15) is 22.8 Å². The van der Waals surface area contributed by atoms with Gasteiger partial charge in [-0.2, -0.15) is 0 Å². The van der Waals surface area contributed by atoms with E-state index in [1.165, 1.54) is 12.1 Å². The number of halogens is 1. The van der Waals surface area contributed by atoms with E-state index in [0.29, 0.717) is 4.47 Å². The monoisotopic (exact) mass is 462 g/mol. The number of hydrogen-bond acceptors (Lipinski definition) is 6. The molecule has 1 aromatic heterocycles. The van der Waals surface area contributed by atoms with E-state index < -0.39 is 27.9 Å². The van der Waals surface area contributed by atoms with Gasteiger partial charge < -0.3 is 15.5 Å². The molecule has 0 radical (unpaired) electrons. The number of nitrogens with one attached hydrogen (secondary N) is 2. The fourth-order valence-corrected chi connectivity index (χ4v) is 4.15.